The van der Waals surface area contributed by atoms with E-state index in [0.29, 0.717) is 11.1 Å². The van der Waals surface area contributed by atoms with Gasteiger partial charge in [0.15, 0.2) is 5.78 Å². The van der Waals surface area contributed by atoms with Gasteiger partial charge in [-0.2, -0.15) is 0 Å². The van der Waals surface area contributed by atoms with Crippen LogP contribution in [0.2, 0.25) is 0 Å². The van der Waals surface area contributed by atoms with Crippen LogP contribution in [-0.4, -0.2) is 10.9 Å². The molecule has 0 unspecified atom stereocenters. The summed E-state index contributed by atoms with van der Waals surface area (Å²) in [7, 11) is 0. The summed E-state index contributed by atoms with van der Waals surface area (Å²) in [6.45, 7) is 5.09. The van der Waals surface area contributed by atoms with E-state index in [1.807, 2.05) is 0 Å². The minimum atomic E-state index is -0.639. The molecule has 21 heavy (non-hydrogen) atoms. The summed E-state index contributed by atoms with van der Waals surface area (Å²) in [5.74, 6) is -1.65. The third kappa shape index (κ3) is 3.34. The number of hydrogen-bond acceptors (Lipinski definition) is 2. The average molecular weight is 288 g/mol. The van der Waals surface area contributed by atoms with Crippen LogP contribution in [0.1, 0.15) is 12.5 Å². The number of aromatic hydroxyl groups is 1. The van der Waals surface area contributed by atoms with Crippen LogP contribution in [0.5, 0.6) is 5.75 Å². The number of allylic oxidation sites excluding steroid dienone is 1. The maximum absolute atomic E-state index is 14.0. The second-order valence-corrected chi connectivity index (χ2v) is 4.85. The van der Waals surface area contributed by atoms with Crippen LogP contribution in [0.4, 0.5) is 8.78 Å². The van der Waals surface area contributed by atoms with Gasteiger partial charge in [-0.1, -0.05) is 18.7 Å². The van der Waals surface area contributed by atoms with Crippen molar-refractivity contribution in [3.8, 4) is 16.9 Å². The van der Waals surface area contributed by atoms with Crippen molar-refractivity contribution < 1.29 is 18.7 Å². The first kappa shape index (κ1) is 14.9. The number of hydrogen-bond donors (Lipinski definition) is 1. The highest BCUT2D eigenvalue weighted by atomic mass is 19.1. The molecule has 0 fully saturated rings. The minimum absolute atomic E-state index is 0.0699. The highest BCUT2D eigenvalue weighted by Gasteiger charge is 2.12. The molecule has 0 aliphatic carbocycles. The number of halogens is 2. The van der Waals surface area contributed by atoms with Crippen LogP contribution in [0, 0.1) is 11.6 Å². The third-order valence-electron chi connectivity index (χ3n) is 3.14. The number of ketones is 1. The first-order chi connectivity index (χ1) is 9.88. The Morgan fingerprint density at radius 2 is 1.86 bits per heavy atom. The smallest absolute Gasteiger partial charge is 0.162 e. The van der Waals surface area contributed by atoms with Gasteiger partial charge in [-0.25, -0.2) is 8.78 Å². The molecule has 1 N–H and O–H groups in total. The van der Waals surface area contributed by atoms with Gasteiger partial charge in [0.1, 0.15) is 17.4 Å². The topological polar surface area (TPSA) is 37.3 Å². The van der Waals surface area contributed by atoms with E-state index in [1.165, 1.54) is 24.3 Å². The molecule has 0 aliphatic heterocycles. The van der Waals surface area contributed by atoms with Gasteiger partial charge in [0.2, 0.25) is 0 Å². The first-order valence-electron chi connectivity index (χ1n) is 6.34. The summed E-state index contributed by atoms with van der Waals surface area (Å²) in [5.41, 5.74) is 1.13. The molecule has 0 atom stereocenters. The summed E-state index contributed by atoms with van der Waals surface area (Å²) < 4.78 is 27.8. The molecule has 0 spiro atoms. The summed E-state index contributed by atoms with van der Waals surface area (Å²) >= 11 is 0. The normalized spacial score (nSPS) is 10.4. The lowest BCUT2D eigenvalue weighted by molar-refractivity contribution is -0.114. The molecule has 0 heterocycles. The van der Waals surface area contributed by atoms with E-state index in [9.17, 15) is 18.7 Å². The van der Waals surface area contributed by atoms with Crippen molar-refractivity contribution in [2.75, 3.05) is 0 Å². The molecular weight excluding hydrogens is 274 g/mol. The Hall–Kier alpha value is -2.49. The lowest BCUT2D eigenvalue weighted by Gasteiger charge is -2.07. The van der Waals surface area contributed by atoms with Crippen molar-refractivity contribution in [3.63, 3.8) is 0 Å². The predicted octanol–water partition coefficient (Wildman–Crippen LogP) is 4.03. The molecule has 2 rings (SSSR count). The Morgan fingerprint density at radius 3 is 2.43 bits per heavy atom. The van der Waals surface area contributed by atoms with Crippen LogP contribution in [-0.2, 0) is 11.2 Å². The molecule has 2 aromatic rings. The molecule has 0 aromatic heterocycles. The fraction of sp³-hybridized carbons (Fsp3) is 0.118. The fourth-order valence-electron chi connectivity index (χ4n) is 1.92. The van der Waals surface area contributed by atoms with E-state index in [2.05, 4.69) is 6.58 Å². The Balaban J connectivity index is 2.34. The van der Waals surface area contributed by atoms with Crippen LogP contribution >= 0.6 is 0 Å². The summed E-state index contributed by atoms with van der Waals surface area (Å²) in [6, 6.07) is 7.84. The molecule has 2 nitrogen and oxygen atoms in total. The zero-order chi connectivity index (χ0) is 15.6. The van der Waals surface area contributed by atoms with Gasteiger partial charge in [-0.05, 0) is 41.8 Å². The van der Waals surface area contributed by atoms with Crippen LogP contribution in [0.15, 0.2) is 48.6 Å². The number of carbonyl (C=O) groups is 1. The van der Waals surface area contributed by atoms with Crippen LogP contribution < -0.4 is 0 Å². The molecule has 0 saturated carbocycles. The number of benzene rings is 2. The lowest BCUT2D eigenvalue weighted by atomic mass is 9.99. The Morgan fingerprint density at radius 1 is 1.14 bits per heavy atom. The maximum Gasteiger partial charge on any atom is 0.162 e. The standard InChI is InChI=1S/C17H14F2O2/c1-10(2)17(21)8-12-4-3-11(7-15(12)18)14-6-5-13(20)9-16(14)19/h3-7,9,20H,1,8H2,2H3. The fourth-order valence-corrected chi connectivity index (χ4v) is 1.92. The van der Waals surface area contributed by atoms with Crippen molar-refractivity contribution in [1.29, 1.82) is 0 Å². The van der Waals surface area contributed by atoms with Gasteiger partial charge in [0.05, 0.1) is 0 Å². The molecule has 4 heteroatoms. The monoisotopic (exact) mass is 288 g/mol. The second-order valence-electron chi connectivity index (χ2n) is 4.85. The minimum Gasteiger partial charge on any atom is -0.508 e. The summed E-state index contributed by atoms with van der Waals surface area (Å²) in [5, 5.41) is 9.17. The number of rotatable bonds is 4. The van der Waals surface area contributed by atoms with Gasteiger partial charge >= 0.3 is 0 Å². The number of carbonyl (C=O) groups excluding carboxylic acids is 1. The van der Waals surface area contributed by atoms with Gasteiger partial charge in [0, 0.05) is 18.1 Å². The quantitative estimate of drug-likeness (QED) is 0.863. The number of Topliss-reactive ketones (excluding diaryl/α,β-unsaturated/α-hetero) is 1. The molecular formula is C17H14F2O2. The van der Waals surface area contributed by atoms with Gasteiger partial charge < -0.3 is 5.11 Å². The Kier molecular flexibility index (Phi) is 4.17. The van der Waals surface area contributed by atoms with Crippen molar-refractivity contribution in [2.45, 2.75) is 13.3 Å². The van der Waals surface area contributed by atoms with Crippen LogP contribution in [0.3, 0.4) is 0 Å². The van der Waals surface area contributed by atoms with Gasteiger partial charge in [-0.15, -0.1) is 0 Å². The largest absolute Gasteiger partial charge is 0.508 e. The molecule has 108 valence electrons. The molecule has 0 saturated heterocycles. The Bertz CT molecular complexity index is 721. The SMILES string of the molecule is C=C(C)C(=O)Cc1ccc(-c2ccc(O)cc2F)cc1F. The third-order valence-corrected chi connectivity index (χ3v) is 3.14. The van der Waals surface area contributed by atoms with Gasteiger partial charge in [-0.3, -0.25) is 4.79 Å². The zero-order valence-corrected chi connectivity index (χ0v) is 11.5. The molecule has 0 aliphatic rings. The first-order valence-corrected chi connectivity index (χ1v) is 6.34. The van der Waals surface area contributed by atoms with Crippen LogP contribution in [0.25, 0.3) is 11.1 Å². The van der Waals surface area contributed by atoms with Crippen molar-refractivity contribution in [1.82, 2.24) is 0 Å². The predicted molar refractivity (Wildman–Crippen MR) is 77.0 cm³/mol. The van der Waals surface area contributed by atoms with Crippen molar-refractivity contribution >= 4 is 5.78 Å². The van der Waals surface area contributed by atoms with E-state index in [4.69, 9.17) is 0 Å². The summed E-state index contributed by atoms with van der Waals surface area (Å²) in [6.07, 6.45) is -0.0699. The van der Waals surface area contributed by atoms with Crippen molar-refractivity contribution in [3.05, 3.63) is 65.7 Å². The van der Waals surface area contributed by atoms with Gasteiger partial charge in [0.25, 0.3) is 0 Å². The highest BCUT2D eigenvalue weighted by molar-refractivity contribution is 5.95. The van der Waals surface area contributed by atoms with Crippen molar-refractivity contribution in [2.24, 2.45) is 0 Å². The zero-order valence-electron chi connectivity index (χ0n) is 11.5. The number of phenolic OH excluding ortho intramolecular Hbond substituents is 1. The maximum atomic E-state index is 14.0. The lowest BCUT2D eigenvalue weighted by Crippen LogP contribution is -2.05. The molecule has 0 bridgehead atoms. The van der Waals surface area contributed by atoms with E-state index in [1.54, 1.807) is 13.0 Å². The summed E-state index contributed by atoms with van der Waals surface area (Å²) in [4.78, 5) is 11.6. The molecule has 2 aromatic carbocycles. The number of phenols is 1. The van der Waals surface area contributed by atoms with E-state index >= 15 is 0 Å². The molecule has 0 amide bonds. The average Bonchev–Trinajstić information content (AvgIpc) is 2.41. The van der Waals surface area contributed by atoms with E-state index in [0.717, 1.165) is 6.07 Å². The molecule has 0 radical (unpaired) electrons. The second kappa shape index (κ2) is 5.87. The Labute approximate surface area is 121 Å². The van der Waals surface area contributed by atoms with E-state index in [-0.39, 0.29) is 29.1 Å². The highest BCUT2D eigenvalue weighted by Crippen LogP contribution is 2.27. The van der Waals surface area contributed by atoms with E-state index < -0.39 is 11.6 Å².